The van der Waals surface area contributed by atoms with Crippen LogP contribution in [0.25, 0.3) is 0 Å². The van der Waals surface area contributed by atoms with Gasteiger partial charge in [-0.1, -0.05) is 0 Å². The third-order valence-corrected chi connectivity index (χ3v) is 16.1. The molecule has 0 heterocycles. The Morgan fingerprint density at radius 2 is 1.80 bits per heavy atom. The van der Waals surface area contributed by atoms with E-state index in [-0.39, 0.29) is 3.72 Å². The zero-order valence-corrected chi connectivity index (χ0v) is 17.8. The summed E-state index contributed by atoms with van der Waals surface area (Å²) < 4.78 is -0.147. The van der Waals surface area contributed by atoms with Gasteiger partial charge in [0, 0.05) is 0 Å². The van der Waals surface area contributed by atoms with E-state index in [0.717, 1.165) is 12.5 Å². The van der Waals surface area contributed by atoms with Crippen LogP contribution in [0.4, 0.5) is 0 Å². The van der Waals surface area contributed by atoms with Crippen LogP contribution >= 0.6 is 27.9 Å². The predicted octanol–water partition coefficient (Wildman–Crippen LogP) is 7.32. The van der Waals surface area contributed by atoms with Crippen molar-refractivity contribution in [3.63, 3.8) is 0 Å². The van der Waals surface area contributed by atoms with Gasteiger partial charge in [-0.15, -0.1) is 0 Å². The molecule has 0 spiro atoms. The number of hydrogen-bond donors (Lipinski definition) is 0. The van der Waals surface area contributed by atoms with Crippen molar-refractivity contribution in [2.75, 3.05) is 0 Å². The fourth-order valence-corrected chi connectivity index (χ4v) is 16.9. The molecule has 5 heteroatoms. The van der Waals surface area contributed by atoms with Gasteiger partial charge in [-0.3, -0.25) is 0 Å². The number of hydrogen-bond acceptors (Lipinski definition) is 0. The van der Waals surface area contributed by atoms with Crippen LogP contribution in [0.5, 0.6) is 0 Å². The summed E-state index contributed by atoms with van der Waals surface area (Å²) in [5.74, 6) is 0. The molecule has 0 aliphatic heterocycles. The topological polar surface area (TPSA) is 0 Å². The fraction of sp³-hybridized carbons (Fsp3) is 0.733. The van der Waals surface area contributed by atoms with E-state index in [1.54, 1.807) is 0 Å². The molecule has 0 saturated carbocycles. The molecule has 2 aliphatic rings. The van der Waals surface area contributed by atoms with Crippen molar-refractivity contribution in [3.8, 4) is 0 Å². The van der Waals surface area contributed by atoms with Gasteiger partial charge in [0.1, 0.15) is 0 Å². The van der Waals surface area contributed by atoms with Crippen molar-refractivity contribution in [1.29, 1.82) is 0 Å². The van der Waals surface area contributed by atoms with Gasteiger partial charge in [0.2, 0.25) is 0 Å². The summed E-state index contributed by atoms with van der Waals surface area (Å²) in [7, 11) is 18.9. The van der Waals surface area contributed by atoms with Gasteiger partial charge in [0.05, 0.1) is 0 Å². The first kappa shape index (κ1) is 17.6. The van der Waals surface area contributed by atoms with E-state index in [0.29, 0.717) is 0 Å². The number of allylic oxidation sites excluding steroid dienone is 4. The molecule has 1 unspecified atom stereocenters. The Hall–Kier alpha value is 1.28. The van der Waals surface area contributed by atoms with Crippen LogP contribution in [-0.2, 0) is 13.4 Å². The summed E-state index contributed by atoms with van der Waals surface area (Å²) >= 11 is -3.41. The molecule has 0 amide bonds. The second kappa shape index (κ2) is 6.06. The Morgan fingerprint density at radius 1 is 1.20 bits per heavy atom. The Balaban J connectivity index is 2.53. The molecule has 2 aliphatic carbocycles. The molecule has 2 rings (SSSR count). The van der Waals surface area contributed by atoms with Gasteiger partial charge in [0.15, 0.2) is 0 Å². The molecule has 0 N–H and O–H groups in total. The first-order chi connectivity index (χ1) is 9.14. The number of halogens is 3. The van der Waals surface area contributed by atoms with Crippen LogP contribution in [0, 0.1) is 0 Å². The van der Waals surface area contributed by atoms with E-state index >= 15 is 0 Å². The molecule has 0 bridgehead atoms. The van der Waals surface area contributed by atoms with Gasteiger partial charge in [-0.25, -0.2) is 0 Å². The average Bonchev–Trinajstić information content (AvgIpc) is 2.62. The van der Waals surface area contributed by atoms with Crippen molar-refractivity contribution in [2.45, 2.75) is 68.4 Å². The van der Waals surface area contributed by atoms with Crippen LogP contribution in [0.1, 0.15) is 39.5 Å². The first-order valence-corrected chi connectivity index (χ1v) is 18.3. The van der Waals surface area contributed by atoms with E-state index < -0.39 is 21.5 Å². The SMILES string of the molecule is CC[Si](C)(C)C[C]1([Ti]([Cl])([Cl])[Cl])C(C)=CC2=C1CCCC2. The summed E-state index contributed by atoms with van der Waals surface area (Å²) in [5.41, 5.74) is 4.39. The molecule has 0 aromatic heterocycles. The van der Waals surface area contributed by atoms with Gasteiger partial charge in [0.25, 0.3) is 0 Å². The molecular formula is C15H25Cl3SiTi. The summed E-state index contributed by atoms with van der Waals surface area (Å²) in [4.78, 5) is 0. The molecule has 1 atom stereocenters. The molecule has 20 heavy (non-hydrogen) atoms. The monoisotopic (exact) mass is 386 g/mol. The average molecular weight is 388 g/mol. The van der Waals surface area contributed by atoms with Crippen LogP contribution < -0.4 is 0 Å². The second-order valence-electron chi connectivity index (χ2n) is 7.14. The Morgan fingerprint density at radius 3 is 2.35 bits per heavy atom. The fourth-order valence-electron chi connectivity index (χ4n) is 3.78. The van der Waals surface area contributed by atoms with Crippen molar-refractivity contribution < 1.29 is 13.4 Å². The predicted molar refractivity (Wildman–Crippen MR) is 92.3 cm³/mol. The van der Waals surface area contributed by atoms with E-state index in [4.69, 9.17) is 27.9 Å². The van der Waals surface area contributed by atoms with Crippen LogP contribution in [0.3, 0.4) is 0 Å². The van der Waals surface area contributed by atoms with Crippen molar-refractivity contribution in [2.24, 2.45) is 0 Å². The van der Waals surface area contributed by atoms with E-state index in [9.17, 15) is 0 Å². The van der Waals surface area contributed by atoms with Crippen LogP contribution in [0.15, 0.2) is 22.8 Å². The third-order valence-electron chi connectivity index (χ3n) is 5.27. The minimum atomic E-state index is -3.41. The summed E-state index contributed by atoms with van der Waals surface area (Å²) in [6.07, 6.45) is 7.25. The maximum absolute atomic E-state index is 6.74. The summed E-state index contributed by atoms with van der Waals surface area (Å²) in [6, 6.07) is 2.39. The molecule has 0 radical (unpaired) electrons. The third kappa shape index (κ3) is 3.01. The van der Waals surface area contributed by atoms with Gasteiger partial charge < -0.3 is 0 Å². The Kier molecular flexibility index (Phi) is 5.34. The Labute approximate surface area is 139 Å². The first-order valence-electron chi connectivity index (χ1n) is 7.62. The van der Waals surface area contributed by atoms with Crippen LogP contribution in [-0.4, -0.2) is 8.07 Å². The minimum absolute atomic E-state index is 0.147. The van der Waals surface area contributed by atoms with Crippen molar-refractivity contribution in [1.82, 2.24) is 0 Å². The van der Waals surface area contributed by atoms with Gasteiger partial charge in [-0.05, 0) is 0 Å². The zero-order chi connectivity index (χ0) is 15.2. The van der Waals surface area contributed by atoms with Crippen molar-refractivity contribution >= 4 is 36.0 Å². The standard InChI is InChI=1S/C15H25Si.3ClH.Ti/c1-5-16(3,4)11-15-12(2)10-13-8-6-7-9-14(13)15;;;;/h10H,5-9,11H2,1-4H3;3*1H;/q;;;;+3/p-3. The van der Waals surface area contributed by atoms with Crippen LogP contribution in [0.2, 0.25) is 28.9 Å². The van der Waals surface area contributed by atoms with Gasteiger partial charge in [-0.2, -0.15) is 0 Å². The molecule has 114 valence electrons. The molecule has 0 fully saturated rings. The van der Waals surface area contributed by atoms with E-state index in [1.807, 2.05) is 0 Å². The normalized spacial score (nSPS) is 27.6. The van der Waals surface area contributed by atoms with E-state index in [2.05, 4.69) is 33.0 Å². The molecule has 0 aromatic carbocycles. The van der Waals surface area contributed by atoms with Gasteiger partial charge >= 0.3 is 141 Å². The summed E-state index contributed by atoms with van der Waals surface area (Å²) in [6.45, 7) is 9.41. The summed E-state index contributed by atoms with van der Waals surface area (Å²) in [5, 5.41) is 0. The number of rotatable bonds is 4. The zero-order valence-electron chi connectivity index (χ0n) is 13.0. The molecule has 0 saturated heterocycles. The quantitative estimate of drug-likeness (QED) is 0.443. The van der Waals surface area contributed by atoms with Crippen molar-refractivity contribution in [3.05, 3.63) is 22.8 Å². The molecular weight excluding hydrogens is 362 g/mol. The maximum atomic E-state index is 6.74. The van der Waals surface area contributed by atoms with E-state index in [1.165, 1.54) is 42.0 Å². The second-order valence-corrected chi connectivity index (χ2v) is 24.8. The molecule has 0 nitrogen and oxygen atoms in total. The Bertz CT molecular complexity index is 462. The molecule has 0 aromatic rings.